The van der Waals surface area contributed by atoms with Gasteiger partial charge in [0, 0.05) is 43.1 Å². The summed E-state index contributed by atoms with van der Waals surface area (Å²) in [6.07, 6.45) is 9.75. The van der Waals surface area contributed by atoms with Crippen LogP contribution in [0.3, 0.4) is 0 Å². The van der Waals surface area contributed by atoms with Crippen LogP contribution in [0, 0.1) is 5.41 Å². The highest BCUT2D eigenvalue weighted by Crippen LogP contribution is 2.21. The van der Waals surface area contributed by atoms with Gasteiger partial charge in [-0.3, -0.25) is 14.6 Å². The number of H-pyrrole nitrogens is 1. The Morgan fingerprint density at radius 3 is 2.67 bits per heavy atom. The molecule has 0 aromatic carbocycles. The van der Waals surface area contributed by atoms with Gasteiger partial charge in [-0.05, 0) is 17.5 Å². The second kappa shape index (κ2) is 7.53. The van der Waals surface area contributed by atoms with Crippen molar-refractivity contribution in [1.29, 1.82) is 0 Å². The van der Waals surface area contributed by atoms with Crippen LogP contribution in [0.5, 0.6) is 0 Å². The minimum absolute atomic E-state index is 0.0254. The molecule has 0 aliphatic rings. The number of hydrogen-bond acceptors (Lipinski definition) is 5. The van der Waals surface area contributed by atoms with Crippen LogP contribution in [-0.2, 0) is 6.54 Å². The van der Waals surface area contributed by atoms with Crippen LogP contribution < -0.4 is 10.9 Å². The van der Waals surface area contributed by atoms with Crippen molar-refractivity contribution < 1.29 is 4.79 Å². The lowest BCUT2D eigenvalue weighted by Gasteiger charge is -2.31. The second-order valence-electron chi connectivity index (χ2n) is 7.37. The Labute approximate surface area is 156 Å². The van der Waals surface area contributed by atoms with Gasteiger partial charge in [-0.2, -0.15) is 0 Å². The van der Waals surface area contributed by atoms with E-state index in [1.165, 1.54) is 6.20 Å². The molecule has 2 N–H and O–H groups in total. The lowest BCUT2D eigenvalue weighted by Crippen LogP contribution is -2.47. The number of aromatic amines is 1. The van der Waals surface area contributed by atoms with Crippen molar-refractivity contribution in [2.75, 3.05) is 0 Å². The van der Waals surface area contributed by atoms with E-state index in [0.29, 0.717) is 17.9 Å². The lowest BCUT2D eigenvalue weighted by atomic mass is 9.86. The summed E-state index contributed by atoms with van der Waals surface area (Å²) in [4.78, 5) is 40.0. The highest BCUT2D eigenvalue weighted by molar-refractivity contribution is 5.93. The van der Waals surface area contributed by atoms with Crippen LogP contribution in [0.2, 0.25) is 0 Å². The topological polar surface area (TPSA) is 106 Å². The molecular weight excluding hydrogens is 344 g/mol. The fourth-order valence-corrected chi connectivity index (χ4v) is 2.58. The van der Waals surface area contributed by atoms with Crippen LogP contribution in [-0.4, -0.2) is 36.5 Å². The SMILES string of the molecule is CC(C)(C)C(Cn1ccnc1)NC(=O)c1cnc(-c2cccnc2)[nH]c1=O. The molecule has 3 rings (SSSR count). The molecule has 0 saturated heterocycles. The molecule has 0 spiro atoms. The summed E-state index contributed by atoms with van der Waals surface area (Å²) in [6.45, 7) is 6.64. The molecule has 0 saturated carbocycles. The standard InChI is InChI=1S/C19H22N6O2/c1-19(2,3)15(11-25-8-7-21-12-25)23-17(26)14-10-22-16(24-18(14)27)13-5-4-6-20-9-13/h4-10,12,15H,11H2,1-3H3,(H,23,26)(H,22,24,27). The van der Waals surface area contributed by atoms with E-state index >= 15 is 0 Å². The van der Waals surface area contributed by atoms with Crippen molar-refractivity contribution in [3.63, 3.8) is 0 Å². The van der Waals surface area contributed by atoms with E-state index in [1.807, 2.05) is 31.5 Å². The maximum atomic E-state index is 12.7. The summed E-state index contributed by atoms with van der Waals surface area (Å²) in [6, 6.07) is 3.34. The summed E-state index contributed by atoms with van der Waals surface area (Å²) in [7, 11) is 0. The number of nitrogens with zero attached hydrogens (tertiary/aromatic N) is 4. The van der Waals surface area contributed by atoms with Crippen LogP contribution in [0.15, 0.2) is 54.2 Å². The molecule has 3 aromatic heterocycles. The molecule has 1 unspecified atom stereocenters. The molecule has 0 bridgehead atoms. The molecule has 8 nitrogen and oxygen atoms in total. The Morgan fingerprint density at radius 2 is 2.07 bits per heavy atom. The third kappa shape index (κ3) is 4.46. The minimum Gasteiger partial charge on any atom is -0.347 e. The molecule has 27 heavy (non-hydrogen) atoms. The van der Waals surface area contributed by atoms with Crippen LogP contribution in [0.4, 0.5) is 0 Å². The van der Waals surface area contributed by atoms with E-state index in [9.17, 15) is 9.59 Å². The Kier molecular flexibility index (Phi) is 5.16. The fraction of sp³-hybridized carbons (Fsp3) is 0.316. The third-order valence-corrected chi connectivity index (χ3v) is 4.28. The summed E-state index contributed by atoms with van der Waals surface area (Å²) in [5.74, 6) is -0.0861. The quantitative estimate of drug-likeness (QED) is 0.717. The van der Waals surface area contributed by atoms with Gasteiger partial charge in [-0.1, -0.05) is 20.8 Å². The van der Waals surface area contributed by atoms with Crippen molar-refractivity contribution in [3.05, 3.63) is 65.4 Å². The number of pyridine rings is 1. The highest BCUT2D eigenvalue weighted by atomic mass is 16.2. The number of hydrogen-bond donors (Lipinski definition) is 2. The van der Waals surface area contributed by atoms with E-state index in [1.54, 1.807) is 37.1 Å². The third-order valence-electron chi connectivity index (χ3n) is 4.28. The fourth-order valence-electron chi connectivity index (χ4n) is 2.58. The largest absolute Gasteiger partial charge is 0.347 e. The van der Waals surface area contributed by atoms with E-state index in [4.69, 9.17) is 0 Å². The summed E-state index contributed by atoms with van der Waals surface area (Å²) in [5, 5.41) is 2.95. The summed E-state index contributed by atoms with van der Waals surface area (Å²) >= 11 is 0. The number of carbonyl (C=O) groups excluding carboxylic acids is 1. The number of imidazole rings is 1. The minimum atomic E-state index is -0.489. The molecular formula is C19H22N6O2. The number of aromatic nitrogens is 5. The Hall–Kier alpha value is -3.29. The van der Waals surface area contributed by atoms with E-state index in [-0.39, 0.29) is 17.0 Å². The van der Waals surface area contributed by atoms with Gasteiger partial charge in [-0.25, -0.2) is 9.97 Å². The van der Waals surface area contributed by atoms with Gasteiger partial charge in [-0.15, -0.1) is 0 Å². The average Bonchev–Trinajstić information content (AvgIpc) is 3.14. The smallest absolute Gasteiger partial charge is 0.264 e. The molecule has 1 amide bonds. The first kappa shape index (κ1) is 18.5. The zero-order valence-electron chi connectivity index (χ0n) is 15.5. The number of amides is 1. The van der Waals surface area contributed by atoms with Gasteiger partial charge in [0.25, 0.3) is 11.5 Å². The van der Waals surface area contributed by atoms with E-state index in [2.05, 4.69) is 25.3 Å². The average molecular weight is 366 g/mol. The zero-order chi connectivity index (χ0) is 19.4. The second-order valence-corrected chi connectivity index (χ2v) is 7.37. The van der Waals surface area contributed by atoms with Crippen LogP contribution in [0.1, 0.15) is 31.1 Å². The van der Waals surface area contributed by atoms with Gasteiger partial charge in [0.05, 0.1) is 12.4 Å². The molecule has 3 heterocycles. The molecule has 3 aromatic rings. The first-order chi connectivity index (χ1) is 12.8. The predicted octanol–water partition coefficient (Wildman–Crippen LogP) is 1.87. The molecule has 0 aliphatic carbocycles. The number of nitrogens with one attached hydrogen (secondary N) is 2. The molecule has 1 atom stereocenters. The maximum absolute atomic E-state index is 12.7. The summed E-state index contributed by atoms with van der Waals surface area (Å²) in [5.41, 5.74) is -0.0520. The number of carbonyl (C=O) groups is 1. The van der Waals surface area contributed by atoms with Gasteiger partial charge >= 0.3 is 0 Å². The normalized spacial score (nSPS) is 12.6. The van der Waals surface area contributed by atoms with E-state index < -0.39 is 11.5 Å². The predicted molar refractivity (Wildman–Crippen MR) is 101 cm³/mol. The zero-order valence-corrected chi connectivity index (χ0v) is 15.5. The molecule has 0 radical (unpaired) electrons. The first-order valence-electron chi connectivity index (χ1n) is 8.61. The van der Waals surface area contributed by atoms with Crippen LogP contribution in [0.25, 0.3) is 11.4 Å². The van der Waals surface area contributed by atoms with E-state index in [0.717, 1.165) is 0 Å². The first-order valence-corrected chi connectivity index (χ1v) is 8.61. The molecule has 140 valence electrons. The summed E-state index contributed by atoms with van der Waals surface area (Å²) < 4.78 is 1.89. The van der Waals surface area contributed by atoms with Crippen molar-refractivity contribution in [3.8, 4) is 11.4 Å². The number of rotatable bonds is 5. The van der Waals surface area contributed by atoms with Crippen molar-refractivity contribution in [2.24, 2.45) is 5.41 Å². The van der Waals surface area contributed by atoms with Crippen LogP contribution >= 0.6 is 0 Å². The molecule has 8 heteroatoms. The van der Waals surface area contributed by atoms with Crippen molar-refractivity contribution in [2.45, 2.75) is 33.4 Å². The monoisotopic (exact) mass is 366 g/mol. The van der Waals surface area contributed by atoms with Gasteiger partial charge < -0.3 is 14.9 Å². The van der Waals surface area contributed by atoms with Gasteiger partial charge in [0.1, 0.15) is 11.4 Å². The Balaban J connectivity index is 1.81. The molecule has 0 aliphatic heterocycles. The Bertz CT molecular complexity index is 958. The van der Waals surface area contributed by atoms with Gasteiger partial charge in [0.15, 0.2) is 0 Å². The van der Waals surface area contributed by atoms with Crippen molar-refractivity contribution in [1.82, 2.24) is 29.8 Å². The maximum Gasteiger partial charge on any atom is 0.264 e. The lowest BCUT2D eigenvalue weighted by molar-refractivity contribution is 0.0890. The van der Waals surface area contributed by atoms with Gasteiger partial charge in [0.2, 0.25) is 0 Å². The Morgan fingerprint density at radius 1 is 1.26 bits per heavy atom. The highest BCUT2D eigenvalue weighted by Gasteiger charge is 2.28. The van der Waals surface area contributed by atoms with Crippen molar-refractivity contribution >= 4 is 5.91 Å². The molecule has 0 fully saturated rings.